The van der Waals surface area contributed by atoms with Crippen LogP contribution in [0.3, 0.4) is 0 Å². The topological polar surface area (TPSA) is 49.4 Å². The fourth-order valence-electron chi connectivity index (χ4n) is 4.46. The van der Waals surface area contributed by atoms with E-state index in [9.17, 15) is 0 Å². The van der Waals surface area contributed by atoms with Crippen molar-refractivity contribution in [3.63, 3.8) is 0 Å². The summed E-state index contributed by atoms with van der Waals surface area (Å²) in [4.78, 5) is 0. The monoisotopic (exact) mass is 428 g/mol. The van der Waals surface area contributed by atoms with Gasteiger partial charge in [0.25, 0.3) is 0 Å². The summed E-state index contributed by atoms with van der Waals surface area (Å²) in [5, 5.41) is 18.1. The van der Waals surface area contributed by atoms with Gasteiger partial charge in [0.1, 0.15) is 0 Å². The molecule has 0 atom stereocenters. The van der Waals surface area contributed by atoms with Gasteiger partial charge in [-0.3, -0.25) is 0 Å². The second-order valence-electron chi connectivity index (χ2n) is 9.55. The average Bonchev–Trinajstić information content (AvgIpc) is 2.80. The standard InChI is InChI=1S/C27H48N4/c1-3-5-7-9-12-16-24-20-22-26(30-28-24)18-14-11-15-19-27-23-21-25(29-31-27)17-13-10-8-6-4-2/h3-23H2,1-2H3. The van der Waals surface area contributed by atoms with Gasteiger partial charge in [-0.2, -0.15) is 20.4 Å². The van der Waals surface area contributed by atoms with Crippen LogP contribution in [0.1, 0.15) is 149 Å². The molecular formula is C27H48N4. The largest absolute Gasteiger partial charge is 0.160 e. The van der Waals surface area contributed by atoms with Crippen LogP contribution in [0.4, 0.5) is 0 Å². The van der Waals surface area contributed by atoms with Crippen LogP contribution in [0.2, 0.25) is 0 Å². The van der Waals surface area contributed by atoms with Gasteiger partial charge in [-0.25, -0.2) is 0 Å². The highest BCUT2D eigenvalue weighted by atomic mass is 15.2. The van der Waals surface area contributed by atoms with E-state index < -0.39 is 0 Å². The highest BCUT2D eigenvalue weighted by Gasteiger charge is 2.11. The first-order valence-corrected chi connectivity index (χ1v) is 13.5. The fraction of sp³-hybridized carbons (Fsp3) is 0.852. The molecule has 0 radical (unpaired) electrons. The third kappa shape index (κ3) is 12.3. The lowest BCUT2D eigenvalue weighted by Crippen LogP contribution is -2.10. The zero-order chi connectivity index (χ0) is 22.0. The van der Waals surface area contributed by atoms with Gasteiger partial charge in [-0.15, -0.1) is 0 Å². The minimum absolute atomic E-state index is 1.13. The van der Waals surface area contributed by atoms with Crippen LogP contribution in [0.15, 0.2) is 20.4 Å². The quantitative estimate of drug-likeness (QED) is 0.196. The van der Waals surface area contributed by atoms with Crippen LogP contribution in [0.5, 0.6) is 0 Å². The molecule has 0 aliphatic carbocycles. The molecule has 0 bridgehead atoms. The Labute approximate surface area is 192 Å². The smallest absolute Gasteiger partial charge is 0.0409 e. The number of nitrogens with zero attached hydrogens (tertiary/aromatic N) is 4. The predicted octanol–water partition coefficient (Wildman–Crippen LogP) is 8.84. The molecule has 0 saturated heterocycles. The Bertz CT molecular complexity index is 548. The van der Waals surface area contributed by atoms with E-state index in [1.807, 2.05) is 0 Å². The van der Waals surface area contributed by atoms with Crippen molar-refractivity contribution in [3.05, 3.63) is 0 Å². The molecule has 0 unspecified atom stereocenters. The summed E-state index contributed by atoms with van der Waals surface area (Å²) in [5.41, 5.74) is 5.30. The molecule has 0 spiro atoms. The first kappa shape index (κ1) is 25.9. The Hall–Kier alpha value is -1.32. The van der Waals surface area contributed by atoms with Crippen molar-refractivity contribution >= 4 is 22.8 Å². The Morgan fingerprint density at radius 3 is 0.903 bits per heavy atom. The number of hydrogen-bond acceptors (Lipinski definition) is 4. The summed E-state index contributed by atoms with van der Waals surface area (Å²) >= 11 is 0. The van der Waals surface area contributed by atoms with E-state index >= 15 is 0 Å². The van der Waals surface area contributed by atoms with Crippen molar-refractivity contribution in [2.75, 3.05) is 0 Å². The first-order valence-electron chi connectivity index (χ1n) is 13.5. The first-order chi connectivity index (χ1) is 15.3. The summed E-state index contributed by atoms with van der Waals surface area (Å²) in [6, 6.07) is 0. The third-order valence-corrected chi connectivity index (χ3v) is 6.64. The molecule has 0 aromatic carbocycles. The van der Waals surface area contributed by atoms with Gasteiger partial charge in [-0.1, -0.05) is 71.6 Å². The SMILES string of the molecule is CCCCCCCC1=NN=C(CCCCCC2=NN=C(CCCCCCC)CC2)CC1. The van der Waals surface area contributed by atoms with E-state index in [2.05, 4.69) is 34.3 Å². The summed E-state index contributed by atoms with van der Waals surface area (Å²) < 4.78 is 0. The zero-order valence-corrected chi connectivity index (χ0v) is 20.6. The average molecular weight is 429 g/mol. The maximum Gasteiger partial charge on any atom is 0.0409 e. The van der Waals surface area contributed by atoms with E-state index in [1.165, 1.54) is 106 Å². The lowest BCUT2D eigenvalue weighted by Gasteiger charge is -2.13. The van der Waals surface area contributed by atoms with Gasteiger partial charge in [0.2, 0.25) is 0 Å². The molecule has 4 nitrogen and oxygen atoms in total. The molecule has 176 valence electrons. The summed E-state index contributed by atoms with van der Waals surface area (Å²) in [5.74, 6) is 0. The van der Waals surface area contributed by atoms with Gasteiger partial charge in [0, 0.05) is 22.8 Å². The maximum absolute atomic E-state index is 4.53. The number of unbranched alkanes of at least 4 members (excludes halogenated alkanes) is 10. The number of hydrogen-bond donors (Lipinski definition) is 0. The van der Waals surface area contributed by atoms with Crippen LogP contribution in [-0.4, -0.2) is 22.8 Å². The molecule has 0 fully saturated rings. The molecule has 31 heavy (non-hydrogen) atoms. The molecule has 0 amide bonds. The molecule has 2 aliphatic heterocycles. The summed E-state index contributed by atoms with van der Waals surface area (Å²) in [6.45, 7) is 4.54. The Kier molecular flexibility index (Phi) is 14.4. The third-order valence-electron chi connectivity index (χ3n) is 6.64. The van der Waals surface area contributed by atoms with Crippen molar-refractivity contribution in [3.8, 4) is 0 Å². The minimum Gasteiger partial charge on any atom is -0.160 e. The molecule has 0 aromatic rings. The molecule has 0 N–H and O–H groups in total. The van der Waals surface area contributed by atoms with Gasteiger partial charge < -0.3 is 0 Å². The van der Waals surface area contributed by atoms with Crippen molar-refractivity contribution in [1.29, 1.82) is 0 Å². The second kappa shape index (κ2) is 17.3. The van der Waals surface area contributed by atoms with Crippen LogP contribution in [0, 0.1) is 0 Å². The van der Waals surface area contributed by atoms with Crippen molar-refractivity contribution in [2.24, 2.45) is 20.4 Å². The van der Waals surface area contributed by atoms with E-state index in [-0.39, 0.29) is 0 Å². The van der Waals surface area contributed by atoms with Gasteiger partial charge in [0.05, 0.1) is 0 Å². The van der Waals surface area contributed by atoms with Crippen LogP contribution >= 0.6 is 0 Å². The van der Waals surface area contributed by atoms with E-state index in [4.69, 9.17) is 0 Å². The molecule has 2 aliphatic rings. The molecule has 0 saturated carbocycles. The minimum atomic E-state index is 1.13. The molecule has 2 heterocycles. The van der Waals surface area contributed by atoms with E-state index in [0.717, 1.165) is 51.4 Å². The van der Waals surface area contributed by atoms with E-state index in [0.29, 0.717) is 0 Å². The van der Waals surface area contributed by atoms with Crippen LogP contribution in [0.25, 0.3) is 0 Å². The van der Waals surface area contributed by atoms with Crippen LogP contribution < -0.4 is 0 Å². The molecule has 0 aromatic heterocycles. The molecule has 2 rings (SSSR count). The van der Waals surface area contributed by atoms with Crippen LogP contribution in [-0.2, 0) is 0 Å². The van der Waals surface area contributed by atoms with Crippen molar-refractivity contribution in [2.45, 2.75) is 149 Å². The second-order valence-corrected chi connectivity index (χ2v) is 9.55. The van der Waals surface area contributed by atoms with Crippen molar-refractivity contribution < 1.29 is 0 Å². The van der Waals surface area contributed by atoms with Gasteiger partial charge in [-0.05, 0) is 77.0 Å². The van der Waals surface area contributed by atoms with E-state index in [1.54, 1.807) is 0 Å². The Balaban J connectivity index is 1.50. The highest BCUT2D eigenvalue weighted by Crippen LogP contribution is 2.18. The van der Waals surface area contributed by atoms with Crippen molar-refractivity contribution in [1.82, 2.24) is 0 Å². The molecule has 4 heteroatoms. The van der Waals surface area contributed by atoms with Gasteiger partial charge in [0.15, 0.2) is 0 Å². The Morgan fingerprint density at radius 1 is 0.387 bits per heavy atom. The fourth-order valence-corrected chi connectivity index (χ4v) is 4.46. The predicted molar refractivity (Wildman–Crippen MR) is 138 cm³/mol. The Morgan fingerprint density at radius 2 is 0.645 bits per heavy atom. The summed E-state index contributed by atoms with van der Waals surface area (Å²) in [6.07, 6.45) is 26.3. The van der Waals surface area contributed by atoms with Gasteiger partial charge >= 0.3 is 0 Å². The lowest BCUT2D eigenvalue weighted by atomic mass is 9.99. The highest BCUT2D eigenvalue weighted by molar-refractivity contribution is 5.95. The lowest BCUT2D eigenvalue weighted by molar-refractivity contribution is 0.640. The maximum atomic E-state index is 4.53. The summed E-state index contributed by atoms with van der Waals surface area (Å²) in [7, 11) is 0. The zero-order valence-electron chi connectivity index (χ0n) is 20.6. The normalized spacial score (nSPS) is 16.6. The number of rotatable bonds is 18. The molecular weight excluding hydrogens is 380 g/mol.